The molecule has 0 fully saturated rings. The van der Waals surface area contributed by atoms with Gasteiger partial charge in [-0.25, -0.2) is 4.98 Å². The summed E-state index contributed by atoms with van der Waals surface area (Å²) in [4.78, 5) is 10.4. The standard InChI is InChI=1S/C15H19N3O/c1-12(19)14-5-9-17-15(11-14)18(2)10-6-13-3-7-16-8-4-13/h3-5,7-9,11-12,19H,6,10H2,1-2H3/t12-/m1/s1. The van der Waals surface area contributed by atoms with E-state index in [-0.39, 0.29) is 0 Å². The molecule has 1 N–H and O–H groups in total. The molecule has 2 aromatic heterocycles. The Bertz CT molecular complexity index is 514. The maximum absolute atomic E-state index is 9.58. The fraction of sp³-hybridized carbons (Fsp3) is 0.333. The summed E-state index contributed by atoms with van der Waals surface area (Å²) < 4.78 is 0. The van der Waals surface area contributed by atoms with E-state index in [1.807, 2.05) is 43.7 Å². The highest BCUT2D eigenvalue weighted by Gasteiger charge is 2.06. The summed E-state index contributed by atoms with van der Waals surface area (Å²) >= 11 is 0. The minimum Gasteiger partial charge on any atom is -0.389 e. The lowest BCUT2D eigenvalue weighted by molar-refractivity contribution is 0.199. The minimum atomic E-state index is -0.463. The molecule has 0 radical (unpaired) electrons. The number of aliphatic hydroxyl groups excluding tert-OH is 1. The highest BCUT2D eigenvalue weighted by Crippen LogP contribution is 2.17. The second-order valence-electron chi connectivity index (χ2n) is 4.65. The van der Waals surface area contributed by atoms with Crippen LogP contribution in [0.4, 0.5) is 5.82 Å². The van der Waals surface area contributed by atoms with Gasteiger partial charge in [-0.2, -0.15) is 0 Å². The quantitative estimate of drug-likeness (QED) is 0.892. The van der Waals surface area contributed by atoms with E-state index >= 15 is 0 Å². The van der Waals surface area contributed by atoms with E-state index in [1.54, 1.807) is 13.1 Å². The van der Waals surface area contributed by atoms with Crippen LogP contribution in [-0.2, 0) is 6.42 Å². The van der Waals surface area contributed by atoms with Crippen molar-refractivity contribution < 1.29 is 5.11 Å². The maximum Gasteiger partial charge on any atom is 0.128 e. The van der Waals surface area contributed by atoms with Crippen LogP contribution >= 0.6 is 0 Å². The maximum atomic E-state index is 9.58. The first-order valence-corrected chi connectivity index (χ1v) is 6.41. The van der Waals surface area contributed by atoms with Crippen molar-refractivity contribution >= 4 is 5.82 Å². The summed E-state index contributed by atoms with van der Waals surface area (Å²) in [7, 11) is 2.01. The van der Waals surface area contributed by atoms with Gasteiger partial charge in [-0.3, -0.25) is 4.98 Å². The van der Waals surface area contributed by atoms with Crippen LogP contribution < -0.4 is 4.90 Å². The monoisotopic (exact) mass is 257 g/mol. The van der Waals surface area contributed by atoms with Gasteiger partial charge in [0.2, 0.25) is 0 Å². The molecule has 2 aromatic rings. The Hall–Kier alpha value is -1.94. The van der Waals surface area contributed by atoms with E-state index in [2.05, 4.69) is 14.9 Å². The molecule has 2 heterocycles. The number of anilines is 1. The smallest absolute Gasteiger partial charge is 0.128 e. The van der Waals surface area contributed by atoms with Crippen molar-refractivity contribution in [1.29, 1.82) is 0 Å². The third kappa shape index (κ3) is 3.76. The van der Waals surface area contributed by atoms with Crippen LogP contribution in [0.2, 0.25) is 0 Å². The Morgan fingerprint density at radius 3 is 2.63 bits per heavy atom. The van der Waals surface area contributed by atoms with Gasteiger partial charge in [0.15, 0.2) is 0 Å². The zero-order chi connectivity index (χ0) is 13.7. The van der Waals surface area contributed by atoms with Crippen molar-refractivity contribution in [2.75, 3.05) is 18.5 Å². The molecular formula is C15H19N3O. The molecule has 1 atom stereocenters. The van der Waals surface area contributed by atoms with Gasteiger partial charge in [0.05, 0.1) is 6.10 Å². The lowest BCUT2D eigenvalue weighted by Gasteiger charge is -2.19. The largest absolute Gasteiger partial charge is 0.389 e. The minimum absolute atomic E-state index is 0.463. The molecule has 100 valence electrons. The zero-order valence-corrected chi connectivity index (χ0v) is 11.3. The van der Waals surface area contributed by atoms with Gasteiger partial charge >= 0.3 is 0 Å². The van der Waals surface area contributed by atoms with Crippen LogP contribution in [0.5, 0.6) is 0 Å². The number of likely N-dealkylation sites (N-methyl/N-ethyl adjacent to an activating group) is 1. The number of hydrogen-bond donors (Lipinski definition) is 1. The molecule has 0 saturated carbocycles. The molecular weight excluding hydrogens is 238 g/mol. The Kier molecular flexibility index (Phi) is 4.47. The molecule has 0 spiro atoms. The van der Waals surface area contributed by atoms with Crippen molar-refractivity contribution in [2.24, 2.45) is 0 Å². The average molecular weight is 257 g/mol. The van der Waals surface area contributed by atoms with Crippen LogP contribution in [0.25, 0.3) is 0 Å². The molecule has 4 heteroatoms. The number of hydrogen-bond acceptors (Lipinski definition) is 4. The molecule has 4 nitrogen and oxygen atoms in total. The molecule has 19 heavy (non-hydrogen) atoms. The lowest BCUT2D eigenvalue weighted by Crippen LogP contribution is -2.21. The van der Waals surface area contributed by atoms with Gasteiger partial charge in [0, 0.05) is 32.2 Å². The SMILES string of the molecule is C[C@@H](O)c1ccnc(N(C)CCc2ccncc2)c1. The Morgan fingerprint density at radius 2 is 1.95 bits per heavy atom. The second-order valence-corrected chi connectivity index (χ2v) is 4.65. The predicted octanol–water partition coefficient (Wildman–Crippen LogP) is 2.21. The summed E-state index contributed by atoms with van der Waals surface area (Å²) in [5, 5.41) is 9.58. The van der Waals surface area contributed by atoms with Crippen molar-refractivity contribution in [3.05, 3.63) is 54.0 Å². The van der Waals surface area contributed by atoms with Crippen molar-refractivity contribution in [2.45, 2.75) is 19.4 Å². The summed E-state index contributed by atoms with van der Waals surface area (Å²) in [5.41, 5.74) is 2.15. The van der Waals surface area contributed by atoms with Crippen molar-refractivity contribution in [1.82, 2.24) is 9.97 Å². The van der Waals surface area contributed by atoms with Gasteiger partial charge in [-0.15, -0.1) is 0 Å². The number of pyridine rings is 2. The predicted molar refractivity (Wildman–Crippen MR) is 76.1 cm³/mol. The highest BCUT2D eigenvalue weighted by molar-refractivity contribution is 5.40. The van der Waals surface area contributed by atoms with E-state index in [4.69, 9.17) is 0 Å². The normalized spacial score (nSPS) is 12.2. The molecule has 0 aliphatic rings. The zero-order valence-electron chi connectivity index (χ0n) is 11.3. The van der Waals surface area contributed by atoms with Crippen LogP contribution in [0.1, 0.15) is 24.2 Å². The van der Waals surface area contributed by atoms with Crippen molar-refractivity contribution in [3.8, 4) is 0 Å². The third-order valence-corrected chi connectivity index (χ3v) is 3.13. The van der Waals surface area contributed by atoms with Gasteiger partial charge in [-0.1, -0.05) is 0 Å². The molecule has 0 bridgehead atoms. The van der Waals surface area contributed by atoms with E-state index < -0.39 is 6.10 Å². The number of aromatic nitrogens is 2. The lowest BCUT2D eigenvalue weighted by atomic mass is 10.1. The van der Waals surface area contributed by atoms with Crippen molar-refractivity contribution in [3.63, 3.8) is 0 Å². The fourth-order valence-electron chi connectivity index (χ4n) is 1.86. The summed E-state index contributed by atoms with van der Waals surface area (Å²) in [6, 6.07) is 7.81. The van der Waals surface area contributed by atoms with Gasteiger partial charge < -0.3 is 10.0 Å². The molecule has 0 aromatic carbocycles. The number of nitrogens with zero attached hydrogens (tertiary/aromatic N) is 3. The van der Waals surface area contributed by atoms with Gasteiger partial charge in [0.1, 0.15) is 5.82 Å². The van der Waals surface area contributed by atoms with Crippen LogP contribution in [0, 0.1) is 0 Å². The van der Waals surface area contributed by atoms with E-state index in [1.165, 1.54) is 5.56 Å². The van der Waals surface area contributed by atoms with Crippen LogP contribution in [0.3, 0.4) is 0 Å². The van der Waals surface area contributed by atoms with Gasteiger partial charge in [-0.05, 0) is 48.7 Å². The van der Waals surface area contributed by atoms with E-state index in [0.29, 0.717) is 0 Å². The molecule has 2 rings (SSSR count). The van der Waals surface area contributed by atoms with Gasteiger partial charge in [0.25, 0.3) is 0 Å². The molecule has 0 amide bonds. The molecule has 0 unspecified atom stereocenters. The molecule has 0 saturated heterocycles. The Balaban J connectivity index is 2.00. The van der Waals surface area contributed by atoms with Crippen LogP contribution in [-0.4, -0.2) is 28.7 Å². The molecule has 0 aliphatic heterocycles. The summed E-state index contributed by atoms with van der Waals surface area (Å²) in [6.07, 6.45) is 5.83. The van der Waals surface area contributed by atoms with E-state index in [0.717, 1.165) is 24.3 Å². The Morgan fingerprint density at radius 1 is 1.21 bits per heavy atom. The average Bonchev–Trinajstić information content (AvgIpc) is 2.46. The summed E-state index contributed by atoms with van der Waals surface area (Å²) in [5.74, 6) is 0.882. The number of aliphatic hydroxyl groups is 1. The highest BCUT2D eigenvalue weighted by atomic mass is 16.3. The second kappa shape index (κ2) is 6.29. The fourth-order valence-corrected chi connectivity index (χ4v) is 1.86. The topological polar surface area (TPSA) is 49.3 Å². The summed E-state index contributed by atoms with van der Waals surface area (Å²) in [6.45, 7) is 2.64. The Labute approximate surface area is 113 Å². The first-order valence-electron chi connectivity index (χ1n) is 6.41. The first kappa shape index (κ1) is 13.5. The molecule has 0 aliphatic carbocycles. The van der Waals surface area contributed by atoms with E-state index in [9.17, 15) is 5.11 Å². The number of rotatable bonds is 5. The van der Waals surface area contributed by atoms with Crippen LogP contribution in [0.15, 0.2) is 42.9 Å². The first-order chi connectivity index (χ1) is 9.16. The third-order valence-electron chi connectivity index (χ3n) is 3.13.